The van der Waals surface area contributed by atoms with Crippen molar-refractivity contribution in [1.82, 2.24) is 4.90 Å². The van der Waals surface area contributed by atoms with E-state index in [1.807, 2.05) is 89.1 Å². The van der Waals surface area contributed by atoms with Crippen LogP contribution < -0.4 is 21.3 Å². The summed E-state index contributed by atoms with van der Waals surface area (Å²) in [5, 5.41) is 8.34. The zero-order valence-corrected chi connectivity index (χ0v) is 21.8. The first-order valence-corrected chi connectivity index (χ1v) is 12.7. The van der Waals surface area contributed by atoms with Gasteiger partial charge in [-0.25, -0.2) is 9.79 Å². The third-order valence-corrected chi connectivity index (χ3v) is 6.90. The molecule has 37 heavy (non-hydrogen) atoms. The molecular weight excluding hydrogens is 504 g/mol. The van der Waals surface area contributed by atoms with E-state index in [0.29, 0.717) is 18.9 Å². The Morgan fingerprint density at radius 2 is 1.43 bits per heavy atom. The molecule has 0 radical (unpaired) electrons. The average Bonchev–Trinajstić information content (AvgIpc) is 3.47. The average molecular weight is 533 g/mol. The van der Waals surface area contributed by atoms with E-state index in [-0.39, 0.29) is 18.4 Å². The van der Waals surface area contributed by atoms with E-state index in [0.717, 1.165) is 46.4 Å². The SMILES string of the molecule is Cl.NC(=Nc1ccc(N2CCN(C(=O)Nc3ccc(Nc4ccccc4)cc3)CC2)cc1)c1cccs1. The summed E-state index contributed by atoms with van der Waals surface area (Å²) in [6.45, 7) is 2.86. The first-order valence-electron chi connectivity index (χ1n) is 11.9. The Morgan fingerprint density at radius 1 is 0.784 bits per heavy atom. The molecular formula is C28H29ClN6OS. The number of para-hydroxylation sites is 1. The molecule has 1 aromatic heterocycles. The number of amidine groups is 1. The summed E-state index contributed by atoms with van der Waals surface area (Å²) in [6, 6.07) is 29.7. The molecule has 190 valence electrons. The van der Waals surface area contributed by atoms with Gasteiger partial charge in [-0.15, -0.1) is 23.7 Å². The van der Waals surface area contributed by atoms with Gasteiger partial charge in [-0.3, -0.25) is 0 Å². The van der Waals surface area contributed by atoms with Crippen LogP contribution in [0.15, 0.2) is 101 Å². The van der Waals surface area contributed by atoms with E-state index in [1.165, 1.54) is 0 Å². The van der Waals surface area contributed by atoms with Gasteiger partial charge in [-0.2, -0.15) is 0 Å². The number of rotatable bonds is 6. The van der Waals surface area contributed by atoms with E-state index in [4.69, 9.17) is 5.73 Å². The Kier molecular flexibility index (Phi) is 8.66. The zero-order valence-electron chi connectivity index (χ0n) is 20.2. The number of halogens is 1. The van der Waals surface area contributed by atoms with Crippen molar-refractivity contribution in [3.63, 3.8) is 0 Å². The van der Waals surface area contributed by atoms with Crippen LogP contribution in [0.4, 0.5) is 33.2 Å². The van der Waals surface area contributed by atoms with Crippen LogP contribution in [0.1, 0.15) is 4.88 Å². The van der Waals surface area contributed by atoms with Gasteiger partial charge < -0.3 is 26.2 Å². The molecule has 4 aromatic rings. The van der Waals surface area contributed by atoms with Crippen molar-refractivity contribution in [2.45, 2.75) is 0 Å². The summed E-state index contributed by atoms with van der Waals surface area (Å²) >= 11 is 1.58. The van der Waals surface area contributed by atoms with Crippen LogP contribution in [-0.4, -0.2) is 42.9 Å². The van der Waals surface area contributed by atoms with Gasteiger partial charge in [0.25, 0.3) is 0 Å². The Balaban J connectivity index is 0.00000320. The number of aliphatic imine (C=N–C) groups is 1. The topological polar surface area (TPSA) is 86.0 Å². The molecule has 0 aliphatic carbocycles. The lowest BCUT2D eigenvalue weighted by Gasteiger charge is -2.36. The molecule has 2 amide bonds. The maximum atomic E-state index is 12.8. The van der Waals surface area contributed by atoms with Gasteiger partial charge in [0.2, 0.25) is 0 Å². The number of piperazine rings is 1. The Morgan fingerprint density at radius 3 is 2.08 bits per heavy atom. The predicted molar refractivity (Wildman–Crippen MR) is 157 cm³/mol. The molecule has 1 aliphatic heterocycles. The van der Waals surface area contributed by atoms with Crippen molar-refractivity contribution in [3.05, 3.63) is 101 Å². The molecule has 1 aliphatic rings. The number of anilines is 4. The number of nitrogens with two attached hydrogens (primary N) is 1. The number of nitrogens with zero attached hydrogens (tertiary/aromatic N) is 3. The second-order valence-electron chi connectivity index (χ2n) is 8.46. The summed E-state index contributed by atoms with van der Waals surface area (Å²) in [7, 11) is 0. The van der Waals surface area contributed by atoms with Crippen LogP contribution in [0.25, 0.3) is 0 Å². The van der Waals surface area contributed by atoms with Crippen molar-refractivity contribution >= 4 is 64.0 Å². The standard InChI is InChI=1S/C28H28N6OS.ClH/c29-27(26-7-4-20-36-26)31-23-12-14-25(15-13-23)33-16-18-34(19-17-33)28(35)32-24-10-8-22(9-11-24)30-21-5-2-1-3-6-21;/h1-15,20,30H,16-19H2,(H2,29,31)(H,32,35);1H. The van der Waals surface area contributed by atoms with E-state index in [2.05, 4.69) is 32.7 Å². The molecule has 4 N–H and O–H groups in total. The summed E-state index contributed by atoms with van der Waals surface area (Å²) in [4.78, 5) is 22.4. The van der Waals surface area contributed by atoms with Crippen LogP contribution >= 0.6 is 23.7 Å². The van der Waals surface area contributed by atoms with E-state index in [9.17, 15) is 4.79 Å². The fraction of sp³-hybridized carbons (Fsp3) is 0.143. The molecule has 0 bridgehead atoms. The van der Waals surface area contributed by atoms with Gasteiger partial charge >= 0.3 is 6.03 Å². The maximum absolute atomic E-state index is 12.8. The van der Waals surface area contributed by atoms with Crippen LogP contribution in [-0.2, 0) is 0 Å². The van der Waals surface area contributed by atoms with E-state index in [1.54, 1.807) is 11.3 Å². The molecule has 2 heterocycles. The van der Waals surface area contributed by atoms with Gasteiger partial charge in [0.1, 0.15) is 5.84 Å². The molecule has 5 rings (SSSR count). The molecule has 7 nitrogen and oxygen atoms in total. The summed E-state index contributed by atoms with van der Waals surface area (Å²) in [5.74, 6) is 0.527. The lowest BCUT2D eigenvalue weighted by Crippen LogP contribution is -2.50. The number of nitrogens with one attached hydrogen (secondary N) is 2. The van der Waals surface area contributed by atoms with Crippen LogP contribution in [0.2, 0.25) is 0 Å². The number of hydrogen-bond donors (Lipinski definition) is 3. The minimum atomic E-state index is -0.0767. The number of carbonyl (C=O) groups excluding carboxylic acids is 1. The lowest BCUT2D eigenvalue weighted by molar-refractivity contribution is 0.208. The summed E-state index contributed by atoms with van der Waals surface area (Å²) < 4.78 is 0. The smallest absolute Gasteiger partial charge is 0.321 e. The molecule has 0 saturated carbocycles. The molecule has 0 unspecified atom stereocenters. The number of hydrogen-bond acceptors (Lipinski definition) is 5. The van der Waals surface area contributed by atoms with E-state index < -0.39 is 0 Å². The summed E-state index contributed by atoms with van der Waals surface area (Å²) in [6.07, 6.45) is 0. The van der Waals surface area contributed by atoms with Crippen molar-refractivity contribution < 1.29 is 4.79 Å². The Labute approximate surface area is 227 Å². The Hall–Kier alpha value is -4.01. The monoisotopic (exact) mass is 532 g/mol. The van der Waals surface area contributed by atoms with Crippen molar-refractivity contribution in [3.8, 4) is 0 Å². The van der Waals surface area contributed by atoms with Gasteiger partial charge in [0.15, 0.2) is 0 Å². The second-order valence-corrected chi connectivity index (χ2v) is 9.41. The number of thiophene rings is 1. The molecule has 1 saturated heterocycles. The van der Waals surface area contributed by atoms with Gasteiger partial charge in [0.05, 0.1) is 10.6 Å². The largest absolute Gasteiger partial charge is 0.383 e. The van der Waals surface area contributed by atoms with Gasteiger partial charge in [-0.1, -0.05) is 24.3 Å². The highest BCUT2D eigenvalue weighted by Gasteiger charge is 2.21. The molecule has 0 atom stereocenters. The second kappa shape index (κ2) is 12.3. The van der Waals surface area contributed by atoms with Crippen molar-refractivity contribution in [2.75, 3.05) is 41.7 Å². The maximum Gasteiger partial charge on any atom is 0.321 e. The van der Waals surface area contributed by atoms with Crippen molar-refractivity contribution in [2.24, 2.45) is 10.7 Å². The third-order valence-electron chi connectivity index (χ3n) is 6.00. The number of urea groups is 1. The zero-order chi connectivity index (χ0) is 24.7. The third kappa shape index (κ3) is 6.81. The van der Waals surface area contributed by atoms with Gasteiger partial charge in [-0.05, 0) is 72.1 Å². The van der Waals surface area contributed by atoms with Crippen molar-refractivity contribution in [1.29, 1.82) is 0 Å². The Bertz CT molecular complexity index is 1300. The lowest BCUT2D eigenvalue weighted by atomic mass is 10.2. The molecule has 0 spiro atoms. The van der Waals surface area contributed by atoms with E-state index >= 15 is 0 Å². The highest BCUT2D eigenvalue weighted by atomic mass is 35.5. The first-order chi connectivity index (χ1) is 17.6. The van der Waals surface area contributed by atoms with Crippen LogP contribution in [0, 0.1) is 0 Å². The quantitative estimate of drug-likeness (QED) is 0.201. The number of benzene rings is 3. The minimum absolute atomic E-state index is 0. The number of carbonyl (C=O) groups is 1. The normalized spacial score (nSPS) is 13.6. The highest BCUT2D eigenvalue weighted by molar-refractivity contribution is 7.12. The molecule has 9 heteroatoms. The summed E-state index contributed by atoms with van der Waals surface area (Å²) in [5.41, 5.74) is 10.8. The van der Waals surface area contributed by atoms with Crippen LogP contribution in [0.3, 0.4) is 0 Å². The number of amides is 2. The molecule has 1 fully saturated rings. The van der Waals surface area contributed by atoms with Gasteiger partial charge in [0, 0.05) is 48.9 Å². The van der Waals surface area contributed by atoms with Crippen LogP contribution in [0.5, 0.6) is 0 Å². The minimum Gasteiger partial charge on any atom is -0.383 e. The predicted octanol–water partition coefficient (Wildman–Crippen LogP) is 6.30. The fourth-order valence-corrected chi connectivity index (χ4v) is 4.68. The highest BCUT2D eigenvalue weighted by Crippen LogP contribution is 2.23. The fourth-order valence-electron chi connectivity index (χ4n) is 4.05. The first kappa shape index (κ1) is 26.1. The molecule has 3 aromatic carbocycles.